The maximum atomic E-state index is 12.8. The number of benzene rings is 1. The second kappa shape index (κ2) is 9.27. The SMILES string of the molecule is CCOC(=O)C1=C(C)NC(C)=C(C(=O)OC)C1c1cccc(OC)c1OC(C)=O. The summed E-state index contributed by atoms with van der Waals surface area (Å²) in [5, 5.41) is 3.04. The van der Waals surface area contributed by atoms with Gasteiger partial charge in [0.2, 0.25) is 0 Å². The molecule has 1 unspecified atom stereocenters. The summed E-state index contributed by atoms with van der Waals surface area (Å²) < 4.78 is 20.9. The molecule has 0 amide bonds. The van der Waals surface area contributed by atoms with Gasteiger partial charge >= 0.3 is 17.9 Å². The van der Waals surface area contributed by atoms with Crippen molar-refractivity contribution in [1.82, 2.24) is 5.32 Å². The Labute approximate surface area is 169 Å². The Morgan fingerprint density at radius 2 is 1.66 bits per heavy atom. The average Bonchev–Trinajstić information content (AvgIpc) is 2.66. The van der Waals surface area contributed by atoms with Crippen molar-refractivity contribution in [3.05, 3.63) is 46.3 Å². The van der Waals surface area contributed by atoms with Crippen molar-refractivity contribution in [2.75, 3.05) is 20.8 Å². The number of carbonyl (C=O) groups excluding carboxylic acids is 3. The van der Waals surface area contributed by atoms with Gasteiger partial charge in [-0.3, -0.25) is 4.79 Å². The highest BCUT2D eigenvalue weighted by molar-refractivity contribution is 6.00. The number of nitrogens with one attached hydrogen (secondary N) is 1. The summed E-state index contributed by atoms with van der Waals surface area (Å²) in [6.45, 7) is 6.53. The maximum Gasteiger partial charge on any atom is 0.336 e. The third-order valence-electron chi connectivity index (χ3n) is 4.45. The Morgan fingerprint density at radius 3 is 2.17 bits per heavy atom. The van der Waals surface area contributed by atoms with E-state index in [1.165, 1.54) is 21.1 Å². The van der Waals surface area contributed by atoms with E-state index in [-0.39, 0.29) is 23.5 Å². The third-order valence-corrected chi connectivity index (χ3v) is 4.45. The van der Waals surface area contributed by atoms with Gasteiger partial charge in [0.25, 0.3) is 0 Å². The smallest absolute Gasteiger partial charge is 0.336 e. The molecule has 1 aliphatic rings. The van der Waals surface area contributed by atoms with Crippen molar-refractivity contribution in [3.63, 3.8) is 0 Å². The number of ether oxygens (including phenoxy) is 4. The number of rotatable bonds is 6. The first-order valence-electron chi connectivity index (χ1n) is 9.06. The molecule has 0 saturated heterocycles. The fourth-order valence-electron chi connectivity index (χ4n) is 3.34. The van der Waals surface area contributed by atoms with E-state index < -0.39 is 23.8 Å². The number of carbonyl (C=O) groups is 3. The molecule has 1 atom stereocenters. The highest BCUT2D eigenvalue weighted by Gasteiger charge is 2.40. The van der Waals surface area contributed by atoms with Gasteiger partial charge in [0.1, 0.15) is 0 Å². The van der Waals surface area contributed by atoms with Crippen LogP contribution in [-0.2, 0) is 23.9 Å². The van der Waals surface area contributed by atoms with Crippen molar-refractivity contribution in [2.24, 2.45) is 0 Å². The minimum absolute atomic E-state index is 0.123. The number of dihydropyridines is 1. The number of esters is 3. The normalized spacial score (nSPS) is 16.1. The quantitative estimate of drug-likeness (QED) is 0.571. The van der Waals surface area contributed by atoms with Crippen LogP contribution in [0.4, 0.5) is 0 Å². The van der Waals surface area contributed by atoms with Crippen LogP contribution in [0.25, 0.3) is 0 Å². The van der Waals surface area contributed by atoms with Gasteiger partial charge in [-0.25, -0.2) is 9.59 Å². The summed E-state index contributed by atoms with van der Waals surface area (Å²) in [5.41, 5.74) is 1.88. The molecule has 0 fully saturated rings. The maximum absolute atomic E-state index is 12.8. The van der Waals surface area contributed by atoms with E-state index in [9.17, 15) is 14.4 Å². The number of allylic oxidation sites excluding steroid dienone is 2. The molecule has 156 valence electrons. The molecule has 0 aliphatic carbocycles. The van der Waals surface area contributed by atoms with Gasteiger partial charge in [0.05, 0.1) is 37.9 Å². The topological polar surface area (TPSA) is 100 Å². The molecule has 2 rings (SSSR count). The molecule has 29 heavy (non-hydrogen) atoms. The van der Waals surface area contributed by atoms with Gasteiger partial charge in [-0.05, 0) is 26.8 Å². The summed E-state index contributed by atoms with van der Waals surface area (Å²) in [6.07, 6.45) is 0. The zero-order chi connectivity index (χ0) is 21.7. The third kappa shape index (κ3) is 4.42. The van der Waals surface area contributed by atoms with E-state index in [0.717, 1.165) is 0 Å². The number of hydrogen-bond acceptors (Lipinski definition) is 8. The lowest BCUT2D eigenvalue weighted by atomic mass is 9.80. The summed E-state index contributed by atoms with van der Waals surface area (Å²) >= 11 is 0. The van der Waals surface area contributed by atoms with Crippen LogP contribution in [0.5, 0.6) is 11.5 Å². The molecule has 8 nitrogen and oxygen atoms in total. The molecule has 1 aromatic carbocycles. The number of hydrogen-bond donors (Lipinski definition) is 1. The van der Waals surface area contributed by atoms with E-state index in [1.807, 2.05) is 0 Å². The highest BCUT2D eigenvalue weighted by Crippen LogP contribution is 2.45. The minimum Gasteiger partial charge on any atom is -0.493 e. The lowest BCUT2D eigenvalue weighted by Gasteiger charge is -2.31. The van der Waals surface area contributed by atoms with E-state index in [0.29, 0.717) is 22.7 Å². The van der Waals surface area contributed by atoms with Crippen molar-refractivity contribution < 1.29 is 33.3 Å². The second-order valence-corrected chi connectivity index (χ2v) is 6.32. The predicted octanol–water partition coefficient (Wildman–Crippen LogP) is 2.59. The van der Waals surface area contributed by atoms with E-state index in [4.69, 9.17) is 18.9 Å². The fourth-order valence-corrected chi connectivity index (χ4v) is 3.34. The summed E-state index contributed by atoms with van der Waals surface area (Å²) in [7, 11) is 2.69. The van der Waals surface area contributed by atoms with Crippen LogP contribution >= 0.6 is 0 Å². The van der Waals surface area contributed by atoms with Gasteiger partial charge < -0.3 is 24.3 Å². The zero-order valence-corrected chi connectivity index (χ0v) is 17.4. The Morgan fingerprint density at radius 1 is 1.03 bits per heavy atom. The molecular weight excluding hydrogens is 378 g/mol. The van der Waals surface area contributed by atoms with Crippen molar-refractivity contribution >= 4 is 17.9 Å². The lowest BCUT2D eigenvalue weighted by Crippen LogP contribution is -2.32. The number of methoxy groups -OCH3 is 2. The van der Waals surface area contributed by atoms with Crippen LogP contribution < -0.4 is 14.8 Å². The monoisotopic (exact) mass is 403 g/mol. The molecule has 0 aromatic heterocycles. The van der Waals surface area contributed by atoms with Crippen molar-refractivity contribution in [1.29, 1.82) is 0 Å². The first kappa shape index (κ1) is 22.0. The van der Waals surface area contributed by atoms with Gasteiger partial charge in [-0.2, -0.15) is 0 Å². The van der Waals surface area contributed by atoms with Crippen LogP contribution in [0.15, 0.2) is 40.7 Å². The predicted molar refractivity (Wildman–Crippen MR) is 104 cm³/mol. The lowest BCUT2D eigenvalue weighted by molar-refractivity contribution is -0.139. The molecule has 8 heteroatoms. The average molecular weight is 403 g/mol. The summed E-state index contributed by atoms with van der Waals surface area (Å²) in [4.78, 5) is 37.2. The minimum atomic E-state index is -0.882. The molecule has 1 aliphatic heterocycles. The van der Waals surface area contributed by atoms with E-state index >= 15 is 0 Å². The molecule has 1 N–H and O–H groups in total. The van der Waals surface area contributed by atoms with Crippen molar-refractivity contribution in [3.8, 4) is 11.5 Å². The van der Waals surface area contributed by atoms with Gasteiger partial charge in [0, 0.05) is 23.9 Å². The van der Waals surface area contributed by atoms with Gasteiger partial charge in [-0.1, -0.05) is 12.1 Å². The van der Waals surface area contributed by atoms with Gasteiger partial charge in [-0.15, -0.1) is 0 Å². The van der Waals surface area contributed by atoms with E-state index in [2.05, 4.69) is 5.32 Å². The Hall–Kier alpha value is -3.29. The molecule has 0 radical (unpaired) electrons. The number of para-hydroxylation sites is 1. The van der Waals surface area contributed by atoms with Crippen LogP contribution in [0.1, 0.15) is 39.2 Å². The van der Waals surface area contributed by atoms with Crippen LogP contribution in [0, 0.1) is 0 Å². The molecular formula is C21H25NO7. The Bertz CT molecular complexity index is 898. The van der Waals surface area contributed by atoms with Crippen LogP contribution in [-0.4, -0.2) is 38.7 Å². The zero-order valence-electron chi connectivity index (χ0n) is 17.4. The molecule has 0 bridgehead atoms. The molecule has 0 saturated carbocycles. The summed E-state index contributed by atoms with van der Waals surface area (Å²) in [6, 6.07) is 4.98. The van der Waals surface area contributed by atoms with Crippen LogP contribution in [0.3, 0.4) is 0 Å². The Balaban J connectivity index is 2.83. The van der Waals surface area contributed by atoms with Crippen molar-refractivity contribution in [2.45, 2.75) is 33.6 Å². The van der Waals surface area contributed by atoms with E-state index in [1.54, 1.807) is 39.0 Å². The molecule has 1 aromatic rings. The highest BCUT2D eigenvalue weighted by atomic mass is 16.6. The first-order valence-corrected chi connectivity index (χ1v) is 9.06. The van der Waals surface area contributed by atoms with Gasteiger partial charge in [0.15, 0.2) is 11.5 Å². The first-order chi connectivity index (χ1) is 13.8. The molecule has 1 heterocycles. The fraction of sp³-hybridized carbons (Fsp3) is 0.381. The van der Waals surface area contributed by atoms with Crippen LogP contribution in [0.2, 0.25) is 0 Å². The summed E-state index contributed by atoms with van der Waals surface area (Å²) in [5.74, 6) is -2.24. The Kier molecular flexibility index (Phi) is 7.03. The standard InChI is InChI=1S/C21H25NO7/c1-7-28-21(25)17-12(3)22-11(2)16(20(24)27-6)18(17)14-9-8-10-15(26-5)19(14)29-13(4)23/h8-10,18,22H,7H2,1-6H3. The largest absolute Gasteiger partial charge is 0.493 e. The second-order valence-electron chi connectivity index (χ2n) is 6.32. The molecule has 0 spiro atoms.